The van der Waals surface area contributed by atoms with Gasteiger partial charge in [0.2, 0.25) is 0 Å². The maximum Gasteiger partial charge on any atom is 0.337 e. The fourth-order valence-electron chi connectivity index (χ4n) is 3.80. The fraction of sp³-hybridized carbons (Fsp3) is 0.533. The van der Waals surface area contributed by atoms with Crippen molar-refractivity contribution in [2.24, 2.45) is 5.41 Å². The van der Waals surface area contributed by atoms with Crippen LogP contribution in [0.3, 0.4) is 0 Å². The number of aryl methyl sites for hydroxylation is 1. The quantitative estimate of drug-likeness (QED) is 0.228. The van der Waals surface area contributed by atoms with E-state index in [-0.39, 0.29) is 11.9 Å². The Morgan fingerprint density at radius 3 is 2.06 bits per heavy atom. The van der Waals surface area contributed by atoms with Crippen LogP contribution in [0.15, 0.2) is 48.5 Å². The number of ether oxygens (including phenoxy) is 3. The van der Waals surface area contributed by atoms with Crippen LogP contribution in [0.2, 0.25) is 0 Å². The standard InChI is InChI=1S/C30H43NO5/c1-30(2,3)18-17-24-9-11-26(12-10-24)23-36-21-20-31(19-7-6-8-28(32)34-4)22-25-13-15-27(16-14-25)29(33)35-5/h9-16H,6-8,17-23H2,1-5H3. The molecular weight excluding hydrogens is 454 g/mol. The van der Waals surface area contributed by atoms with Gasteiger partial charge in [-0.3, -0.25) is 9.69 Å². The SMILES string of the molecule is COC(=O)CCCCN(CCOCc1ccc(CCC(C)(C)C)cc1)Cc1ccc(C(=O)OC)cc1. The van der Waals surface area contributed by atoms with Crippen molar-refractivity contribution in [3.8, 4) is 0 Å². The number of esters is 2. The molecule has 0 aromatic heterocycles. The molecule has 2 aromatic carbocycles. The Morgan fingerprint density at radius 1 is 0.806 bits per heavy atom. The summed E-state index contributed by atoms with van der Waals surface area (Å²) in [5.74, 6) is -0.510. The van der Waals surface area contributed by atoms with Crippen LogP contribution in [0.1, 0.15) is 73.5 Å². The van der Waals surface area contributed by atoms with Crippen molar-refractivity contribution in [1.29, 1.82) is 0 Å². The van der Waals surface area contributed by atoms with E-state index in [0.717, 1.165) is 44.5 Å². The molecule has 0 spiro atoms. The summed E-state index contributed by atoms with van der Waals surface area (Å²) >= 11 is 0. The van der Waals surface area contributed by atoms with Crippen LogP contribution in [0.5, 0.6) is 0 Å². The smallest absolute Gasteiger partial charge is 0.337 e. The van der Waals surface area contributed by atoms with Gasteiger partial charge in [0.05, 0.1) is 33.0 Å². The Hall–Kier alpha value is -2.70. The lowest BCUT2D eigenvalue weighted by Gasteiger charge is -2.22. The van der Waals surface area contributed by atoms with Crippen LogP contribution in [0, 0.1) is 5.41 Å². The molecule has 6 nitrogen and oxygen atoms in total. The van der Waals surface area contributed by atoms with Gasteiger partial charge in [0.15, 0.2) is 0 Å². The van der Waals surface area contributed by atoms with Gasteiger partial charge in [-0.25, -0.2) is 4.79 Å². The second kappa shape index (κ2) is 15.4. The molecule has 6 heteroatoms. The van der Waals surface area contributed by atoms with E-state index < -0.39 is 0 Å². The maximum absolute atomic E-state index is 11.7. The molecule has 0 bridgehead atoms. The highest BCUT2D eigenvalue weighted by Gasteiger charge is 2.11. The van der Waals surface area contributed by atoms with E-state index in [0.29, 0.717) is 30.6 Å². The highest BCUT2D eigenvalue weighted by atomic mass is 16.5. The first-order chi connectivity index (χ1) is 17.2. The van der Waals surface area contributed by atoms with Gasteiger partial charge in [-0.1, -0.05) is 57.2 Å². The van der Waals surface area contributed by atoms with Crippen molar-refractivity contribution in [2.45, 2.75) is 66.0 Å². The van der Waals surface area contributed by atoms with Crippen LogP contribution in [0.4, 0.5) is 0 Å². The van der Waals surface area contributed by atoms with Crippen LogP contribution in [0.25, 0.3) is 0 Å². The molecule has 2 aromatic rings. The Kier molecular flexibility index (Phi) is 12.6. The van der Waals surface area contributed by atoms with Crippen LogP contribution < -0.4 is 0 Å². The summed E-state index contributed by atoms with van der Waals surface area (Å²) in [6.07, 6.45) is 4.37. The molecule has 36 heavy (non-hydrogen) atoms. The number of nitrogens with zero attached hydrogens (tertiary/aromatic N) is 1. The summed E-state index contributed by atoms with van der Waals surface area (Å²) in [7, 11) is 2.80. The monoisotopic (exact) mass is 497 g/mol. The van der Waals surface area contributed by atoms with Crippen LogP contribution in [-0.4, -0.2) is 50.8 Å². The van der Waals surface area contributed by atoms with Gasteiger partial charge < -0.3 is 14.2 Å². The van der Waals surface area contributed by atoms with Crippen molar-refractivity contribution >= 4 is 11.9 Å². The Bertz CT molecular complexity index is 916. The summed E-state index contributed by atoms with van der Waals surface area (Å²) in [4.78, 5) is 25.4. The van der Waals surface area contributed by atoms with E-state index in [4.69, 9.17) is 14.2 Å². The zero-order chi connectivity index (χ0) is 26.4. The summed E-state index contributed by atoms with van der Waals surface area (Å²) < 4.78 is 15.5. The second-order valence-corrected chi connectivity index (χ2v) is 10.4. The molecule has 0 heterocycles. The molecule has 0 radical (unpaired) electrons. The van der Waals surface area contributed by atoms with E-state index >= 15 is 0 Å². The molecular formula is C30H43NO5. The van der Waals surface area contributed by atoms with Crippen LogP contribution in [-0.2, 0) is 38.6 Å². The molecule has 0 amide bonds. The zero-order valence-corrected chi connectivity index (χ0v) is 22.7. The number of methoxy groups -OCH3 is 2. The zero-order valence-electron chi connectivity index (χ0n) is 22.7. The third-order valence-corrected chi connectivity index (χ3v) is 6.12. The predicted octanol–water partition coefficient (Wildman–Crippen LogP) is 5.81. The third-order valence-electron chi connectivity index (χ3n) is 6.12. The van der Waals surface area contributed by atoms with Gasteiger partial charge in [-0.05, 0) is 66.5 Å². The van der Waals surface area contributed by atoms with Gasteiger partial charge >= 0.3 is 11.9 Å². The van der Waals surface area contributed by atoms with Gasteiger partial charge in [-0.15, -0.1) is 0 Å². The van der Waals surface area contributed by atoms with Crippen molar-refractivity contribution < 1.29 is 23.8 Å². The van der Waals surface area contributed by atoms with Gasteiger partial charge in [0.1, 0.15) is 0 Å². The molecule has 0 atom stereocenters. The maximum atomic E-state index is 11.7. The molecule has 0 aliphatic heterocycles. The molecule has 2 rings (SSSR count). The number of carbonyl (C=O) groups excluding carboxylic acids is 2. The summed E-state index contributed by atoms with van der Waals surface area (Å²) in [5.41, 5.74) is 4.54. The Morgan fingerprint density at radius 2 is 1.44 bits per heavy atom. The third kappa shape index (κ3) is 11.8. The molecule has 0 fully saturated rings. The molecule has 0 saturated heterocycles. The normalized spacial score (nSPS) is 11.5. The number of hydrogen-bond donors (Lipinski definition) is 0. The molecule has 0 saturated carbocycles. The van der Waals surface area contributed by atoms with Gasteiger partial charge in [0.25, 0.3) is 0 Å². The summed E-state index contributed by atoms with van der Waals surface area (Å²) in [6.45, 7) is 10.4. The topological polar surface area (TPSA) is 65.1 Å². The van der Waals surface area contributed by atoms with Crippen molar-refractivity contribution in [3.05, 3.63) is 70.8 Å². The average Bonchev–Trinajstić information content (AvgIpc) is 2.87. The first-order valence-electron chi connectivity index (χ1n) is 12.8. The van der Waals surface area contributed by atoms with E-state index in [1.165, 1.54) is 31.8 Å². The molecule has 198 valence electrons. The predicted molar refractivity (Wildman–Crippen MR) is 143 cm³/mol. The molecule has 0 N–H and O–H groups in total. The van der Waals surface area contributed by atoms with Crippen molar-refractivity contribution in [3.63, 3.8) is 0 Å². The first-order valence-corrected chi connectivity index (χ1v) is 12.8. The summed E-state index contributed by atoms with van der Waals surface area (Å²) in [6, 6.07) is 16.2. The van der Waals surface area contributed by atoms with Crippen molar-refractivity contribution in [1.82, 2.24) is 4.90 Å². The van der Waals surface area contributed by atoms with E-state index in [1.54, 1.807) is 12.1 Å². The Labute approximate surface area is 216 Å². The van der Waals surface area contributed by atoms with E-state index in [9.17, 15) is 9.59 Å². The Balaban J connectivity index is 1.84. The lowest BCUT2D eigenvalue weighted by Crippen LogP contribution is -2.28. The highest BCUT2D eigenvalue weighted by molar-refractivity contribution is 5.89. The van der Waals surface area contributed by atoms with E-state index in [1.807, 2.05) is 12.1 Å². The first kappa shape index (κ1) is 29.5. The number of hydrogen-bond acceptors (Lipinski definition) is 6. The fourth-order valence-corrected chi connectivity index (χ4v) is 3.80. The molecule has 0 aliphatic rings. The molecule has 0 unspecified atom stereocenters. The molecule has 0 aliphatic carbocycles. The number of unbranched alkanes of at least 4 members (excludes halogenated alkanes) is 1. The lowest BCUT2D eigenvalue weighted by atomic mass is 9.88. The number of benzene rings is 2. The number of rotatable bonds is 15. The largest absolute Gasteiger partial charge is 0.469 e. The lowest BCUT2D eigenvalue weighted by molar-refractivity contribution is -0.140. The number of carbonyl (C=O) groups is 2. The minimum atomic E-state index is -0.336. The minimum Gasteiger partial charge on any atom is -0.469 e. The second-order valence-electron chi connectivity index (χ2n) is 10.4. The van der Waals surface area contributed by atoms with E-state index in [2.05, 4.69) is 49.9 Å². The summed E-state index contributed by atoms with van der Waals surface area (Å²) in [5, 5.41) is 0. The van der Waals surface area contributed by atoms with Crippen LogP contribution >= 0.6 is 0 Å². The minimum absolute atomic E-state index is 0.173. The highest BCUT2D eigenvalue weighted by Crippen LogP contribution is 2.21. The van der Waals surface area contributed by atoms with Gasteiger partial charge in [-0.2, -0.15) is 0 Å². The average molecular weight is 498 g/mol. The van der Waals surface area contributed by atoms with Crippen molar-refractivity contribution in [2.75, 3.05) is 33.9 Å². The van der Waals surface area contributed by atoms with Gasteiger partial charge in [0, 0.05) is 19.5 Å².